The first-order chi connectivity index (χ1) is 12.4. The summed E-state index contributed by atoms with van der Waals surface area (Å²) in [7, 11) is -2.08. The fourth-order valence-corrected chi connectivity index (χ4v) is 3.72. The fourth-order valence-electron chi connectivity index (χ4n) is 2.42. The van der Waals surface area contributed by atoms with Crippen LogP contribution in [0, 0.1) is 13.8 Å². The average molecular weight is 373 g/mol. The first-order valence-electron chi connectivity index (χ1n) is 7.93. The Bertz CT molecular complexity index is 1010. The second-order valence-electron chi connectivity index (χ2n) is 5.83. The zero-order chi connectivity index (χ0) is 18.7. The molecule has 0 atom stereocenters. The number of nitrogens with zero attached hydrogens (tertiary/aromatic N) is 2. The molecule has 0 aliphatic carbocycles. The molecule has 0 spiro atoms. The number of sulfonamides is 1. The molecule has 0 aliphatic heterocycles. The Kier molecular flexibility index (Phi) is 5.06. The first kappa shape index (κ1) is 18.1. The van der Waals surface area contributed by atoms with Gasteiger partial charge < -0.3 is 9.26 Å². The molecule has 0 amide bonds. The zero-order valence-electron chi connectivity index (χ0n) is 14.7. The van der Waals surface area contributed by atoms with Crippen molar-refractivity contribution in [2.75, 3.05) is 7.11 Å². The van der Waals surface area contributed by atoms with Crippen LogP contribution in [-0.4, -0.2) is 25.7 Å². The Morgan fingerprint density at radius 1 is 1.12 bits per heavy atom. The van der Waals surface area contributed by atoms with E-state index in [1.54, 1.807) is 50.4 Å². The van der Waals surface area contributed by atoms with Crippen LogP contribution in [0.4, 0.5) is 0 Å². The van der Waals surface area contributed by atoms with Crippen LogP contribution in [-0.2, 0) is 16.6 Å². The van der Waals surface area contributed by atoms with E-state index in [0.29, 0.717) is 11.4 Å². The molecule has 1 N–H and O–H groups in total. The summed E-state index contributed by atoms with van der Waals surface area (Å²) < 4.78 is 37.8. The number of rotatable bonds is 6. The highest BCUT2D eigenvalue weighted by molar-refractivity contribution is 7.89. The number of ether oxygens (including phenoxy) is 1. The summed E-state index contributed by atoms with van der Waals surface area (Å²) in [6.07, 6.45) is 0. The second kappa shape index (κ2) is 7.27. The van der Waals surface area contributed by atoms with Gasteiger partial charge in [-0.15, -0.1) is 0 Å². The van der Waals surface area contributed by atoms with Crippen LogP contribution in [0.2, 0.25) is 0 Å². The SMILES string of the molecule is COc1ccc(-c2noc(CNS(=O)(=O)c3cc(C)ccc3C)n2)cc1. The van der Waals surface area contributed by atoms with Gasteiger partial charge in [0.1, 0.15) is 5.75 Å². The molecule has 26 heavy (non-hydrogen) atoms. The van der Waals surface area contributed by atoms with E-state index in [4.69, 9.17) is 9.26 Å². The van der Waals surface area contributed by atoms with E-state index in [0.717, 1.165) is 16.9 Å². The molecule has 0 radical (unpaired) electrons. The predicted molar refractivity (Wildman–Crippen MR) is 96.2 cm³/mol. The van der Waals surface area contributed by atoms with Gasteiger partial charge in [0, 0.05) is 5.56 Å². The van der Waals surface area contributed by atoms with Crippen LogP contribution in [0.15, 0.2) is 51.9 Å². The molecule has 1 heterocycles. The van der Waals surface area contributed by atoms with Crippen LogP contribution in [0.1, 0.15) is 17.0 Å². The topological polar surface area (TPSA) is 94.3 Å². The summed E-state index contributed by atoms with van der Waals surface area (Å²) in [6, 6.07) is 12.4. The number of hydrogen-bond acceptors (Lipinski definition) is 6. The minimum atomic E-state index is -3.67. The lowest BCUT2D eigenvalue weighted by Crippen LogP contribution is -2.24. The number of aryl methyl sites for hydroxylation is 2. The van der Waals surface area contributed by atoms with E-state index in [2.05, 4.69) is 14.9 Å². The number of methoxy groups -OCH3 is 1. The molecule has 3 rings (SSSR count). The Balaban J connectivity index is 1.74. The van der Waals surface area contributed by atoms with Gasteiger partial charge in [-0.3, -0.25) is 0 Å². The lowest BCUT2D eigenvalue weighted by molar-refractivity contribution is 0.376. The lowest BCUT2D eigenvalue weighted by atomic mass is 10.2. The monoisotopic (exact) mass is 373 g/mol. The van der Waals surface area contributed by atoms with Gasteiger partial charge in [0.2, 0.25) is 21.7 Å². The molecule has 8 heteroatoms. The molecule has 0 aliphatic rings. The summed E-state index contributed by atoms with van der Waals surface area (Å²) in [4.78, 5) is 4.47. The number of aromatic nitrogens is 2. The normalized spacial score (nSPS) is 11.5. The maximum atomic E-state index is 12.5. The van der Waals surface area contributed by atoms with Crippen LogP contribution in [0.25, 0.3) is 11.4 Å². The largest absolute Gasteiger partial charge is 0.497 e. The molecular weight excluding hydrogens is 354 g/mol. The van der Waals surface area contributed by atoms with Crippen molar-refractivity contribution in [2.45, 2.75) is 25.3 Å². The minimum Gasteiger partial charge on any atom is -0.497 e. The zero-order valence-corrected chi connectivity index (χ0v) is 15.5. The fraction of sp³-hybridized carbons (Fsp3) is 0.222. The quantitative estimate of drug-likeness (QED) is 0.714. The van der Waals surface area contributed by atoms with Crippen LogP contribution in [0.3, 0.4) is 0 Å². The van der Waals surface area contributed by atoms with Gasteiger partial charge in [-0.05, 0) is 55.3 Å². The van der Waals surface area contributed by atoms with E-state index in [9.17, 15) is 8.42 Å². The summed E-state index contributed by atoms with van der Waals surface area (Å²) in [5.74, 6) is 1.29. The van der Waals surface area contributed by atoms with Crippen molar-refractivity contribution in [1.29, 1.82) is 0 Å². The minimum absolute atomic E-state index is 0.0845. The number of benzene rings is 2. The third-order valence-electron chi connectivity index (χ3n) is 3.86. The predicted octanol–water partition coefficient (Wildman–Crippen LogP) is 2.84. The Hall–Kier alpha value is -2.71. The van der Waals surface area contributed by atoms with Crippen LogP contribution >= 0.6 is 0 Å². The third kappa shape index (κ3) is 3.92. The van der Waals surface area contributed by atoms with Gasteiger partial charge in [0.05, 0.1) is 18.6 Å². The van der Waals surface area contributed by atoms with E-state index >= 15 is 0 Å². The smallest absolute Gasteiger partial charge is 0.242 e. The Labute approximate surface area is 152 Å². The summed E-state index contributed by atoms with van der Waals surface area (Å²) in [6.45, 7) is 3.51. The van der Waals surface area contributed by atoms with Crippen LogP contribution < -0.4 is 9.46 Å². The van der Waals surface area contributed by atoms with Gasteiger partial charge in [-0.2, -0.15) is 4.98 Å². The molecule has 7 nitrogen and oxygen atoms in total. The van der Waals surface area contributed by atoms with E-state index in [1.165, 1.54) is 0 Å². The van der Waals surface area contributed by atoms with Gasteiger partial charge in [-0.25, -0.2) is 13.1 Å². The molecule has 0 bridgehead atoms. The molecule has 0 unspecified atom stereocenters. The molecule has 3 aromatic rings. The van der Waals surface area contributed by atoms with Crippen molar-refractivity contribution in [2.24, 2.45) is 0 Å². The van der Waals surface area contributed by atoms with Gasteiger partial charge >= 0.3 is 0 Å². The van der Waals surface area contributed by atoms with E-state index in [-0.39, 0.29) is 17.3 Å². The number of hydrogen-bond donors (Lipinski definition) is 1. The molecule has 0 saturated heterocycles. The van der Waals surface area contributed by atoms with Crippen molar-refractivity contribution < 1.29 is 17.7 Å². The van der Waals surface area contributed by atoms with Crippen molar-refractivity contribution in [3.05, 3.63) is 59.5 Å². The summed E-state index contributed by atoms with van der Waals surface area (Å²) in [5.41, 5.74) is 2.29. The maximum absolute atomic E-state index is 12.5. The van der Waals surface area contributed by atoms with Crippen molar-refractivity contribution in [1.82, 2.24) is 14.9 Å². The Morgan fingerprint density at radius 2 is 1.85 bits per heavy atom. The molecule has 1 aromatic heterocycles. The molecule has 136 valence electrons. The molecule has 0 saturated carbocycles. The van der Waals surface area contributed by atoms with Crippen LogP contribution in [0.5, 0.6) is 5.75 Å². The summed E-state index contributed by atoms with van der Waals surface area (Å²) >= 11 is 0. The average Bonchev–Trinajstić information content (AvgIpc) is 3.11. The van der Waals surface area contributed by atoms with Crippen molar-refractivity contribution in [3.63, 3.8) is 0 Å². The maximum Gasteiger partial charge on any atom is 0.242 e. The summed E-state index contributed by atoms with van der Waals surface area (Å²) in [5, 5.41) is 3.89. The molecular formula is C18H19N3O4S. The van der Waals surface area contributed by atoms with E-state index in [1.807, 2.05) is 13.0 Å². The Morgan fingerprint density at radius 3 is 2.54 bits per heavy atom. The lowest BCUT2D eigenvalue weighted by Gasteiger charge is -2.08. The van der Waals surface area contributed by atoms with Crippen molar-refractivity contribution in [3.8, 4) is 17.1 Å². The van der Waals surface area contributed by atoms with Crippen molar-refractivity contribution >= 4 is 10.0 Å². The molecule has 2 aromatic carbocycles. The van der Waals surface area contributed by atoms with Gasteiger partial charge in [0.15, 0.2) is 0 Å². The van der Waals surface area contributed by atoms with Gasteiger partial charge in [-0.1, -0.05) is 17.3 Å². The highest BCUT2D eigenvalue weighted by Crippen LogP contribution is 2.20. The highest BCUT2D eigenvalue weighted by atomic mass is 32.2. The molecule has 0 fully saturated rings. The van der Waals surface area contributed by atoms with E-state index < -0.39 is 10.0 Å². The third-order valence-corrected chi connectivity index (χ3v) is 5.41. The number of nitrogens with one attached hydrogen (secondary N) is 1. The van der Waals surface area contributed by atoms with Gasteiger partial charge in [0.25, 0.3) is 0 Å². The standard InChI is InChI=1S/C18H19N3O4S/c1-12-4-5-13(2)16(10-12)26(22,23)19-11-17-20-18(21-25-17)14-6-8-15(24-3)9-7-14/h4-10,19H,11H2,1-3H3. The highest BCUT2D eigenvalue weighted by Gasteiger charge is 2.18. The second-order valence-corrected chi connectivity index (χ2v) is 7.57. The first-order valence-corrected chi connectivity index (χ1v) is 9.41.